The number of amides is 4. The molecule has 0 radical (unpaired) electrons. The molecule has 2 N–H and O–H groups in total. The molecule has 0 aromatic heterocycles. The number of nitrogens with one attached hydrogen (secondary N) is 2. The Morgan fingerprint density at radius 2 is 2.03 bits per heavy atom. The Morgan fingerprint density at radius 1 is 1.29 bits per heavy atom. The second-order valence-electron chi connectivity index (χ2n) is 10.0. The molecule has 3 rings (SSSR count). The topological polar surface area (TPSA) is 81.8 Å². The fourth-order valence-electron chi connectivity index (χ4n) is 5.47. The molecule has 0 bridgehead atoms. The zero-order valence-electron chi connectivity index (χ0n) is 19.5. The van der Waals surface area contributed by atoms with Crippen molar-refractivity contribution in [3.05, 3.63) is 29.8 Å². The average Bonchev–Trinajstić information content (AvgIpc) is 2.87. The van der Waals surface area contributed by atoms with Crippen LogP contribution in [-0.4, -0.2) is 54.5 Å². The number of likely N-dealkylation sites (N-methyl/N-ethyl adjacent to an activating group) is 1. The number of urea groups is 1. The molecule has 1 saturated carbocycles. The van der Waals surface area contributed by atoms with Gasteiger partial charge in [0.1, 0.15) is 12.1 Å². The number of imide groups is 1. The minimum absolute atomic E-state index is 0.0295. The highest BCUT2D eigenvalue weighted by molar-refractivity contribution is 6.09. The summed E-state index contributed by atoms with van der Waals surface area (Å²) in [6, 6.07) is 7.78. The van der Waals surface area contributed by atoms with E-state index in [1.54, 1.807) is 0 Å². The van der Waals surface area contributed by atoms with Gasteiger partial charge in [-0.3, -0.25) is 14.5 Å². The van der Waals surface area contributed by atoms with Crippen molar-refractivity contribution < 1.29 is 14.4 Å². The molecule has 1 spiro atoms. The molecule has 1 aromatic rings. The fourth-order valence-corrected chi connectivity index (χ4v) is 5.47. The smallest absolute Gasteiger partial charge is 0.325 e. The van der Waals surface area contributed by atoms with E-state index in [1.165, 1.54) is 5.56 Å². The molecular formula is C24H36N4O3. The molecule has 1 aromatic carbocycles. The third-order valence-electron chi connectivity index (χ3n) is 6.38. The standard InChI is InChI=1S/C24H36N4O3/c1-6-27(19-9-7-8-17(2)12-19)11-10-25-20(29)15-28-21(30)24(26-22(28)31)14-18(3)13-23(4,5)16-24/h7-9,12,18H,6,10-11,13-16H2,1-5H3,(H,25,29)(H,26,31). The van der Waals surface area contributed by atoms with Gasteiger partial charge in [0.2, 0.25) is 5.91 Å². The summed E-state index contributed by atoms with van der Waals surface area (Å²) < 4.78 is 0. The summed E-state index contributed by atoms with van der Waals surface area (Å²) in [6.45, 7) is 12.2. The Bertz CT molecular complexity index is 853. The number of hydrogen-bond acceptors (Lipinski definition) is 4. The Labute approximate surface area is 185 Å². The van der Waals surface area contributed by atoms with Crippen LogP contribution in [0.4, 0.5) is 10.5 Å². The highest BCUT2D eigenvalue weighted by atomic mass is 16.2. The maximum atomic E-state index is 13.2. The predicted molar refractivity (Wildman–Crippen MR) is 122 cm³/mol. The summed E-state index contributed by atoms with van der Waals surface area (Å²) >= 11 is 0. The number of carbonyl (C=O) groups is 3. The molecule has 7 nitrogen and oxygen atoms in total. The van der Waals surface area contributed by atoms with E-state index in [0.29, 0.717) is 31.8 Å². The monoisotopic (exact) mass is 428 g/mol. The van der Waals surface area contributed by atoms with Crippen molar-refractivity contribution in [3.8, 4) is 0 Å². The number of benzene rings is 1. The van der Waals surface area contributed by atoms with Gasteiger partial charge in [0.05, 0.1) is 0 Å². The molecule has 1 saturated heterocycles. The van der Waals surface area contributed by atoms with Crippen LogP contribution in [0.3, 0.4) is 0 Å². The summed E-state index contributed by atoms with van der Waals surface area (Å²) in [6.07, 6.45) is 2.25. The van der Waals surface area contributed by atoms with Gasteiger partial charge in [-0.15, -0.1) is 0 Å². The van der Waals surface area contributed by atoms with Crippen LogP contribution in [-0.2, 0) is 9.59 Å². The van der Waals surface area contributed by atoms with E-state index in [9.17, 15) is 14.4 Å². The van der Waals surface area contributed by atoms with Gasteiger partial charge in [-0.05, 0) is 62.1 Å². The number of carbonyl (C=O) groups excluding carboxylic acids is 3. The molecule has 2 atom stereocenters. The Kier molecular flexibility index (Phi) is 6.62. The van der Waals surface area contributed by atoms with Crippen molar-refractivity contribution in [2.75, 3.05) is 31.1 Å². The largest absolute Gasteiger partial charge is 0.370 e. The van der Waals surface area contributed by atoms with E-state index in [-0.39, 0.29) is 23.8 Å². The molecule has 2 aliphatic rings. The summed E-state index contributed by atoms with van der Waals surface area (Å²) in [5.74, 6) is -0.241. The third kappa shape index (κ3) is 5.20. The van der Waals surface area contributed by atoms with Gasteiger partial charge in [0.15, 0.2) is 0 Å². The second-order valence-corrected chi connectivity index (χ2v) is 10.0. The van der Waals surface area contributed by atoms with Crippen molar-refractivity contribution in [2.24, 2.45) is 11.3 Å². The number of hydrogen-bond donors (Lipinski definition) is 2. The molecule has 2 unspecified atom stereocenters. The second kappa shape index (κ2) is 8.89. The maximum absolute atomic E-state index is 13.2. The van der Waals surface area contributed by atoms with Crippen molar-refractivity contribution in [2.45, 2.75) is 59.4 Å². The molecule has 7 heteroatoms. The first kappa shape index (κ1) is 23.1. The predicted octanol–water partition coefficient (Wildman–Crippen LogP) is 3.07. The van der Waals surface area contributed by atoms with Gasteiger partial charge in [-0.2, -0.15) is 0 Å². The van der Waals surface area contributed by atoms with Crippen LogP contribution >= 0.6 is 0 Å². The van der Waals surface area contributed by atoms with E-state index in [2.05, 4.69) is 68.4 Å². The molecule has 1 aliphatic heterocycles. The first-order chi connectivity index (χ1) is 14.5. The summed E-state index contributed by atoms with van der Waals surface area (Å²) in [4.78, 5) is 41.5. The Balaban J connectivity index is 1.55. The van der Waals surface area contributed by atoms with Gasteiger partial charge in [-0.25, -0.2) is 4.79 Å². The van der Waals surface area contributed by atoms with Crippen molar-refractivity contribution in [1.82, 2.24) is 15.5 Å². The summed E-state index contributed by atoms with van der Waals surface area (Å²) in [5, 5.41) is 5.78. The lowest BCUT2D eigenvalue weighted by Gasteiger charge is -2.43. The minimum Gasteiger partial charge on any atom is -0.370 e. The van der Waals surface area contributed by atoms with E-state index in [1.807, 2.05) is 6.07 Å². The quantitative estimate of drug-likeness (QED) is 0.654. The molecule has 31 heavy (non-hydrogen) atoms. The van der Waals surface area contributed by atoms with E-state index >= 15 is 0 Å². The Morgan fingerprint density at radius 3 is 2.68 bits per heavy atom. The highest BCUT2D eigenvalue weighted by Crippen LogP contribution is 2.46. The lowest BCUT2D eigenvalue weighted by molar-refractivity contribution is -0.137. The maximum Gasteiger partial charge on any atom is 0.325 e. The average molecular weight is 429 g/mol. The van der Waals surface area contributed by atoms with Crippen LogP contribution in [0.15, 0.2) is 24.3 Å². The molecule has 1 aliphatic carbocycles. The number of rotatable bonds is 7. The first-order valence-corrected chi connectivity index (χ1v) is 11.3. The number of anilines is 1. The van der Waals surface area contributed by atoms with Crippen LogP contribution < -0.4 is 15.5 Å². The summed E-state index contributed by atoms with van der Waals surface area (Å²) in [7, 11) is 0. The fraction of sp³-hybridized carbons (Fsp3) is 0.625. The molecule has 2 fully saturated rings. The zero-order valence-corrected chi connectivity index (χ0v) is 19.5. The summed E-state index contributed by atoms with van der Waals surface area (Å²) in [5.41, 5.74) is 1.40. The van der Waals surface area contributed by atoms with Crippen molar-refractivity contribution >= 4 is 23.5 Å². The van der Waals surface area contributed by atoms with E-state index in [0.717, 1.165) is 23.6 Å². The highest BCUT2D eigenvalue weighted by Gasteiger charge is 2.56. The molecular weight excluding hydrogens is 392 g/mol. The van der Waals surface area contributed by atoms with Gasteiger partial charge in [-0.1, -0.05) is 32.9 Å². The number of aryl methyl sites for hydroxylation is 1. The Hall–Kier alpha value is -2.57. The van der Waals surface area contributed by atoms with Gasteiger partial charge >= 0.3 is 6.03 Å². The lowest BCUT2D eigenvalue weighted by atomic mass is 9.64. The van der Waals surface area contributed by atoms with Crippen LogP contribution in [0.2, 0.25) is 0 Å². The van der Waals surface area contributed by atoms with Gasteiger partial charge in [0.25, 0.3) is 5.91 Å². The third-order valence-corrected chi connectivity index (χ3v) is 6.38. The van der Waals surface area contributed by atoms with Crippen LogP contribution in [0.1, 0.15) is 52.5 Å². The van der Waals surface area contributed by atoms with Gasteiger partial charge < -0.3 is 15.5 Å². The van der Waals surface area contributed by atoms with Crippen molar-refractivity contribution in [1.29, 1.82) is 0 Å². The van der Waals surface area contributed by atoms with E-state index < -0.39 is 11.6 Å². The zero-order chi connectivity index (χ0) is 22.8. The first-order valence-electron chi connectivity index (χ1n) is 11.3. The molecule has 4 amide bonds. The van der Waals surface area contributed by atoms with Crippen LogP contribution in [0.25, 0.3) is 0 Å². The molecule has 170 valence electrons. The van der Waals surface area contributed by atoms with Crippen molar-refractivity contribution in [3.63, 3.8) is 0 Å². The number of nitrogens with zero attached hydrogens (tertiary/aromatic N) is 2. The minimum atomic E-state index is -0.872. The van der Waals surface area contributed by atoms with E-state index in [4.69, 9.17) is 0 Å². The van der Waals surface area contributed by atoms with Crippen LogP contribution in [0, 0.1) is 18.3 Å². The normalized spacial score (nSPS) is 24.9. The van der Waals surface area contributed by atoms with Gasteiger partial charge in [0, 0.05) is 25.3 Å². The van der Waals surface area contributed by atoms with Crippen LogP contribution in [0.5, 0.6) is 0 Å². The lowest BCUT2D eigenvalue weighted by Crippen LogP contribution is -2.54. The SMILES string of the molecule is CCN(CCNC(=O)CN1C(=O)NC2(CC(C)CC(C)(C)C2)C1=O)c1cccc(C)c1. The molecule has 1 heterocycles.